The molecule has 0 amide bonds. The van der Waals surface area contributed by atoms with Crippen LogP contribution in [0.3, 0.4) is 0 Å². The fourth-order valence-corrected chi connectivity index (χ4v) is 2.20. The molecule has 0 atom stereocenters. The highest BCUT2D eigenvalue weighted by atomic mass is 79.9. The third-order valence-corrected chi connectivity index (χ3v) is 3.28. The van der Waals surface area contributed by atoms with E-state index in [4.69, 9.17) is 4.74 Å². The summed E-state index contributed by atoms with van der Waals surface area (Å²) in [4.78, 5) is 34.8. The number of halogens is 1. The number of Topliss-reactive ketones (excluding diaryl/α,β-unsaturated/α-hetero) is 1. The number of ether oxygens (including phenoxy) is 1. The van der Waals surface area contributed by atoms with Crippen LogP contribution in [0.1, 0.15) is 10.4 Å². The summed E-state index contributed by atoms with van der Waals surface area (Å²) >= 11 is 3.28. The molecule has 1 heterocycles. The van der Waals surface area contributed by atoms with Gasteiger partial charge in [-0.1, -0.05) is 0 Å². The van der Waals surface area contributed by atoms with E-state index in [1.54, 1.807) is 18.2 Å². The number of aromatic nitrogens is 2. The molecule has 1 aromatic heterocycles. The molecule has 7 heteroatoms. The van der Waals surface area contributed by atoms with Crippen molar-refractivity contribution < 1.29 is 9.53 Å². The van der Waals surface area contributed by atoms with Crippen molar-refractivity contribution >= 4 is 21.7 Å². The van der Waals surface area contributed by atoms with Crippen LogP contribution < -0.4 is 15.9 Å². The van der Waals surface area contributed by atoms with Crippen LogP contribution in [0.15, 0.2) is 44.4 Å². The smallest absolute Gasteiger partial charge is 0.265 e. The van der Waals surface area contributed by atoms with Gasteiger partial charge in [0.25, 0.3) is 11.1 Å². The summed E-state index contributed by atoms with van der Waals surface area (Å²) in [5.41, 5.74) is -0.465. The molecule has 0 aliphatic carbocycles. The molecular formula is C13H11BrN2O4. The van der Waals surface area contributed by atoms with E-state index in [-0.39, 0.29) is 12.3 Å². The van der Waals surface area contributed by atoms with Crippen LogP contribution in [0.4, 0.5) is 0 Å². The van der Waals surface area contributed by atoms with E-state index in [0.717, 1.165) is 16.8 Å². The quantitative estimate of drug-likeness (QED) is 0.849. The van der Waals surface area contributed by atoms with Crippen LogP contribution in [0, 0.1) is 0 Å². The van der Waals surface area contributed by atoms with E-state index in [0.29, 0.717) is 15.8 Å². The number of benzene rings is 1. The van der Waals surface area contributed by atoms with Crippen molar-refractivity contribution in [3.8, 4) is 5.75 Å². The number of carbonyl (C=O) groups is 1. The van der Waals surface area contributed by atoms with Gasteiger partial charge < -0.3 is 4.74 Å². The Hall–Kier alpha value is -2.15. The Kier molecular flexibility index (Phi) is 4.19. The van der Waals surface area contributed by atoms with Gasteiger partial charge in [0.15, 0.2) is 5.78 Å². The number of rotatable bonds is 4. The summed E-state index contributed by atoms with van der Waals surface area (Å²) < 4.78 is 6.69. The number of carbonyl (C=O) groups excluding carboxylic acids is 1. The van der Waals surface area contributed by atoms with Crippen LogP contribution in [-0.2, 0) is 6.54 Å². The Labute approximate surface area is 122 Å². The zero-order valence-electron chi connectivity index (χ0n) is 10.6. The first kappa shape index (κ1) is 14.3. The Morgan fingerprint density at radius 3 is 2.70 bits per heavy atom. The zero-order valence-corrected chi connectivity index (χ0v) is 12.1. The highest BCUT2D eigenvalue weighted by Gasteiger charge is 2.10. The number of hydrogen-bond donors (Lipinski definition) is 1. The van der Waals surface area contributed by atoms with Crippen molar-refractivity contribution in [3.63, 3.8) is 0 Å². The van der Waals surface area contributed by atoms with Crippen LogP contribution in [-0.4, -0.2) is 22.7 Å². The maximum Gasteiger partial charge on any atom is 0.265 e. The van der Waals surface area contributed by atoms with Gasteiger partial charge in [-0.05, 0) is 34.1 Å². The summed E-state index contributed by atoms with van der Waals surface area (Å²) in [5.74, 6) is 0.309. The maximum absolute atomic E-state index is 12.1. The lowest BCUT2D eigenvalue weighted by molar-refractivity contribution is 0.0965. The molecule has 0 aliphatic heterocycles. The summed E-state index contributed by atoms with van der Waals surface area (Å²) in [7, 11) is 1.52. The standard InChI is InChI=1S/C13H11BrN2O4/c1-20-11-3-2-8(6-9(11)14)10(17)7-16-13(19)5-4-12(18)15-16/h2-6H,7H2,1H3,(H,15,18). The molecule has 2 rings (SSSR count). The van der Waals surface area contributed by atoms with Gasteiger partial charge in [0, 0.05) is 17.7 Å². The molecule has 0 aliphatic rings. The van der Waals surface area contributed by atoms with Gasteiger partial charge in [0.05, 0.1) is 11.6 Å². The molecule has 0 spiro atoms. The fourth-order valence-electron chi connectivity index (χ4n) is 1.65. The van der Waals surface area contributed by atoms with Crippen molar-refractivity contribution in [1.29, 1.82) is 0 Å². The lowest BCUT2D eigenvalue weighted by Crippen LogP contribution is -2.30. The van der Waals surface area contributed by atoms with Crippen LogP contribution in [0.5, 0.6) is 5.75 Å². The van der Waals surface area contributed by atoms with Gasteiger partial charge in [-0.2, -0.15) is 0 Å². The summed E-state index contributed by atoms with van der Waals surface area (Å²) in [6.45, 7) is -0.228. The predicted octanol–water partition coefficient (Wildman–Crippen LogP) is 1.19. The van der Waals surface area contributed by atoms with Gasteiger partial charge in [-0.3, -0.25) is 19.5 Å². The third kappa shape index (κ3) is 3.05. The highest BCUT2D eigenvalue weighted by molar-refractivity contribution is 9.10. The molecule has 104 valence electrons. The van der Waals surface area contributed by atoms with Gasteiger partial charge in [0.1, 0.15) is 12.3 Å². The summed E-state index contributed by atoms with van der Waals surface area (Å²) in [6.07, 6.45) is 0. The predicted molar refractivity (Wildman–Crippen MR) is 76.3 cm³/mol. The van der Waals surface area contributed by atoms with Crippen molar-refractivity contribution in [3.05, 3.63) is 61.1 Å². The average molecular weight is 339 g/mol. The minimum Gasteiger partial charge on any atom is -0.496 e. The summed E-state index contributed by atoms with van der Waals surface area (Å²) in [5, 5.41) is 2.30. The number of nitrogens with one attached hydrogen (secondary N) is 1. The topological polar surface area (TPSA) is 81.2 Å². The fraction of sp³-hybridized carbons (Fsp3) is 0.154. The first-order chi connectivity index (χ1) is 9.51. The molecule has 1 N–H and O–H groups in total. The second-order valence-electron chi connectivity index (χ2n) is 4.01. The Bertz CT molecular complexity index is 763. The highest BCUT2D eigenvalue weighted by Crippen LogP contribution is 2.25. The Morgan fingerprint density at radius 1 is 1.30 bits per heavy atom. The van der Waals surface area contributed by atoms with Crippen LogP contribution >= 0.6 is 15.9 Å². The average Bonchev–Trinajstić information content (AvgIpc) is 2.42. The van der Waals surface area contributed by atoms with E-state index < -0.39 is 11.1 Å². The molecule has 0 bridgehead atoms. The number of ketones is 1. The minimum absolute atomic E-state index is 0.228. The largest absolute Gasteiger partial charge is 0.496 e. The molecule has 0 fully saturated rings. The van der Waals surface area contributed by atoms with Crippen molar-refractivity contribution in [2.45, 2.75) is 6.54 Å². The van der Waals surface area contributed by atoms with Gasteiger partial charge >= 0.3 is 0 Å². The molecule has 2 aromatic rings. The van der Waals surface area contributed by atoms with Gasteiger partial charge in [-0.15, -0.1) is 0 Å². The van der Waals surface area contributed by atoms with Crippen molar-refractivity contribution in [2.24, 2.45) is 0 Å². The van der Waals surface area contributed by atoms with E-state index >= 15 is 0 Å². The Balaban J connectivity index is 2.28. The van der Waals surface area contributed by atoms with Gasteiger partial charge in [0.2, 0.25) is 0 Å². The molecule has 0 saturated heterocycles. The molecule has 0 radical (unpaired) electrons. The number of hydrogen-bond acceptors (Lipinski definition) is 4. The number of aromatic amines is 1. The van der Waals surface area contributed by atoms with Crippen LogP contribution in [0.25, 0.3) is 0 Å². The number of methoxy groups -OCH3 is 1. The van der Waals surface area contributed by atoms with E-state index in [1.165, 1.54) is 7.11 Å². The lowest BCUT2D eigenvalue weighted by Gasteiger charge is -2.07. The van der Waals surface area contributed by atoms with Gasteiger partial charge in [-0.25, -0.2) is 4.68 Å². The second kappa shape index (κ2) is 5.87. The van der Waals surface area contributed by atoms with E-state index in [9.17, 15) is 14.4 Å². The zero-order chi connectivity index (χ0) is 14.7. The number of nitrogens with zero attached hydrogens (tertiary/aromatic N) is 1. The van der Waals surface area contributed by atoms with E-state index in [2.05, 4.69) is 21.0 Å². The molecule has 0 unspecified atom stereocenters. The SMILES string of the molecule is COc1ccc(C(=O)Cn2[nH]c(=O)ccc2=O)cc1Br. The monoisotopic (exact) mass is 338 g/mol. The molecule has 6 nitrogen and oxygen atoms in total. The molecular weight excluding hydrogens is 328 g/mol. The van der Waals surface area contributed by atoms with Crippen LogP contribution in [0.2, 0.25) is 0 Å². The Morgan fingerprint density at radius 2 is 2.05 bits per heavy atom. The lowest BCUT2D eigenvalue weighted by atomic mass is 10.1. The number of H-pyrrole nitrogens is 1. The molecule has 0 saturated carbocycles. The minimum atomic E-state index is -0.439. The molecule has 20 heavy (non-hydrogen) atoms. The molecule has 1 aromatic carbocycles. The second-order valence-corrected chi connectivity index (χ2v) is 4.86. The first-order valence-corrected chi connectivity index (χ1v) is 6.47. The first-order valence-electron chi connectivity index (χ1n) is 5.68. The summed E-state index contributed by atoms with van der Waals surface area (Å²) in [6, 6.07) is 7.09. The van der Waals surface area contributed by atoms with Crippen molar-refractivity contribution in [2.75, 3.05) is 7.11 Å². The van der Waals surface area contributed by atoms with E-state index in [1.807, 2.05) is 0 Å². The normalized spacial score (nSPS) is 10.3. The third-order valence-electron chi connectivity index (χ3n) is 2.66. The van der Waals surface area contributed by atoms with Crippen molar-refractivity contribution in [1.82, 2.24) is 9.78 Å². The maximum atomic E-state index is 12.1.